The largest absolute Gasteiger partial charge is 0.469 e. The van der Waals surface area contributed by atoms with Gasteiger partial charge in [-0.3, -0.25) is 4.79 Å². The second kappa shape index (κ2) is 7.69. The topological polar surface area (TPSA) is 85.4 Å². The number of carbonyl (C=O) groups is 1. The Morgan fingerprint density at radius 3 is 2.36 bits per heavy atom. The third-order valence-corrected chi connectivity index (χ3v) is 6.06. The summed E-state index contributed by atoms with van der Waals surface area (Å²) in [5, 5.41) is 1.86. The van der Waals surface area contributed by atoms with Crippen molar-refractivity contribution in [3.05, 3.63) is 72.4 Å². The van der Waals surface area contributed by atoms with Crippen LogP contribution < -0.4 is 4.72 Å². The van der Waals surface area contributed by atoms with Crippen LogP contribution in [0.3, 0.4) is 0 Å². The third-order valence-electron chi connectivity index (χ3n) is 4.73. The van der Waals surface area contributed by atoms with Gasteiger partial charge < -0.3 is 4.74 Å². The zero-order valence-electron chi connectivity index (χ0n) is 15.9. The number of methoxy groups -OCH3 is 1. The summed E-state index contributed by atoms with van der Waals surface area (Å²) < 4.78 is 33.4. The number of esters is 1. The van der Waals surface area contributed by atoms with Gasteiger partial charge in [0.1, 0.15) is 0 Å². The molecule has 2 aromatic carbocycles. The average molecular weight is 398 g/mol. The van der Waals surface area contributed by atoms with Crippen LogP contribution in [0.25, 0.3) is 10.8 Å². The van der Waals surface area contributed by atoms with Gasteiger partial charge in [-0.25, -0.2) is 18.1 Å². The Bertz CT molecular complexity index is 1100. The first-order chi connectivity index (χ1) is 13.3. The molecule has 0 aliphatic rings. The van der Waals surface area contributed by atoms with Crippen molar-refractivity contribution in [3.8, 4) is 0 Å². The monoisotopic (exact) mass is 398 g/mol. The first kappa shape index (κ1) is 20.0. The molecule has 0 saturated carbocycles. The summed E-state index contributed by atoms with van der Waals surface area (Å²) in [7, 11) is -2.67. The molecule has 1 aromatic heterocycles. The van der Waals surface area contributed by atoms with Crippen LogP contribution in [-0.2, 0) is 19.6 Å². The van der Waals surface area contributed by atoms with E-state index in [1.807, 2.05) is 42.5 Å². The molecule has 7 heteroatoms. The lowest BCUT2D eigenvalue weighted by Crippen LogP contribution is -2.43. The van der Waals surface area contributed by atoms with Crippen molar-refractivity contribution in [2.24, 2.45) is 5.41 Å². The Balaban J connectivity index is 2.10. The number of carbonyl (C=O) groups excluding carboxylic acids is 1. The summed E-state index contributed by atoms with van der Waals surface area (Å²) in [5.74, 6) is -0.519. The van der Waals surface area contributed by atoms with E-state index in [-0.39, 0.29) is 5.03 Å². The van der Waals surface area contributed by atoms with Crippen molar-refractivity contribution in [1.29, 1.82) is 0 Å². The van der Waals surface area contributed by atoms with E-state index in [9.17, 15) is 13.2 Å². The average Bonchev–Trinajstić information content (AvgIpc) is 2.71. The second-order valence-corrected chi connectivity index (χ2v) is 8.70. The fourth-order valence-corrected chi connectivity index (χ4v) is 4.44. The molecule has 0 aliphatic carbocycles. The molecule has 0 saturated heterocycles. The summed E-state index contributed by atoms with van der Waals surface area (Å²) in [5.41, 5.74) is -0.493. The highest BCUT2D eigenvalue weighted by Crippen LogP contribution is 2.37. The van der Waals surface area contributed by atoms with Gasteiger partial charge in [0.05, 0.1) is 18.6 Å². The molecule has 1 atom stereocenters. The smallest absolute Gasteiger partial charge is 0.313 e. The maximum absolute atomic E-state index is 12.9. The number of benzene rings is 2. The van der Waals surface area contributed by atoms with Crippen molar-refractivity contribution >= 4 is 26.8 Å². The molecule has 28 heavy (non-hydrogen) atoms. The Morgan fingerprint density at radius 1 is 1.04 bits per heavy atom. The number of nitrogens with one attached hydrogen (secondary N) is 1. The number of hydrogen-bond acceptors (Lipinski definition) is 5. The Labute approximate surface area is 164 Å². The molecule has 0 unspecified atom stereocenters. The van der Waals surface area contributed by atoms with Crippen molar-refractivity contribution in [3.63, 3.8) is 0 Å². The quantitative estimate of drug-likeness (QED) is 0.643. The van der Waals surface area contributed by atoms with E-state index in [4.69, 9.17) is 4.74 Å². The Morgan fingerprint density at radius 2 is 1.71 bits per heavy atom. The molecule has 3 rings (SSSR count). The van der Waals surface area contributed by atoms with Gasteiger partial charge in [-0.2, -0.15) is 0 Å². The van der Waals surface area contributed by atoms with Gasteiger partial charge >= 0.3 is 5.97 Å². The van der Waals surface area contributed by atoms with E-state index in [1.54, 1.807) is 26.0 Å². The predicted octanol–water partition coefficient (Wildman–Crippen LogP) is 3.45. The van der Waals surface area contributed by atoms with Gasteiger partial charge in [0.2, 0.25) is 0 Å². The normalized spacial score (nSPS) is 13.2. The predicted molar refractivity (Wildman–Crippen MR) is 107 cm³/mol. The number of aromatic nitrogens is 1. The number of rotatable bonds is 6. The lowest BCUT2D eigenvalue weighted by molar-refractivity contribution is -0.152. The summed E-state index contributed by atoms with van der Waals surface area (Å²) in [4.78, 5) is 16.4. The highest BCUT2D eigenvalue weighted by molar-refractivity contribution is 7.89. The standard InChI is InChI=1S/C21H22N2O4S/c1-21(2,20(24)27-3)19(23-28(25,26)18-10-6-7-13-22-18)17-12-11-15-8-4-5-9-16(15)14-17/h4-14,19,23H,1-3H3/t19-/m1/s1. The van der Waals surface area contributed by atoms with Gasteiger partial charge in [0.15, 0.2) is 5.03 Å². The molecular formula is C21H22N2O4S. The highest BCUT2D eigenvalue weighted by atomic mass is 32.2. The minimum atomic E-state index is -3.95. The van der Waals surface area contributed by atoms with Gasteiger partial charge in [-0.05, 0) is 48.4 Å². The third kappa shape index (κ3) is 3.90. The van der Waals surface area contributed by atoms with Crippen molar-refractivity contribution in [1.82, 2.24) is 9.71 Å². The fourth-order valence-electron chi connectivity index (χ4n) is 3.12. The van der Waals surface area contributed by atoms with E-state index < -0.39 is 27.4 Å². The molecule has 0 radical (unpaired) electrons. The maximum atomic E-state index is 12.9. The summed E-state index contributed by atoms with van der Waals surface area (Å²) in [6.07, 6.45) is 1.41. The molecule has 0 spiro atoms. The molecule has 146 valence electrons. The van der Waals surface area contributed by atoms with Crippen LogP contribution in [0, 0.1) is 5.41 Å². The SMILES string of the molecule is COC(=O)C(C)(C)[C@H](NS(=O)(=O)c1ccccn1)c1ccc2ccccc2c1. The second-order valence-electron chi connectivity index (χ2n) is 7.04. The van der Waals surface area contributed by atoms with Gasteiger partial charge in [0, 0.05) is 6.20 Å². The van der Waals surface area contributed by atoms with Crippen molar-refractivity contribution in [2.75, 3.05) is 7.11 Å². The van der Waals surface area contributed by atoms with Gasteiger partial charge in [0.25, 0.3) is 10.0 Å². The molecule has 1 heterocycles. The molecule has 3 aromatic rings. The number of fused-ring (bicyclic) bond motifs is 1. The van der Waals surface area contributed by atoms with E-state index >= 15 is 0 Å². The number of sulfonamides is 1. The molecule has 1 N–H and O–H groups in total. The Hall–Kier alpha value is -2.77. The lowest BCUT2D eigenvalue weighted by Gasteiger charge is -2.32. The summed E-state index contributed by atoms with van der Waals surface area (Å²) >= 11 is 0. The molecular weight excluding hydrogens is 376 g/mol. The highest BCUT2D eigenvalue weighted by Gasteiger charge is 2.41. The van der Waals surface area contributed by atoms with Crippen molar-refractivity contribution < 1.29 is 17.9 Å². The van der Waals surface area contributed by atoms with Crippen molar-refractivity contribution in [2.45, 2.75) is 24.9 Å². The first-order valence-corrected chi connectivity index (χ1v) is 10.2. The zero-order valence-corrected chi connectivity index (χ0v) is 16.7. The number of ether oxygens (including phenoxy) is 1. The molecule has 0 bridgehead atoms. The number of hydrogen-bond donors (Lipinski definition) is 1. The zero-order chi connectivity index (χ0) is 20.4. The number of nitrogens with zero attached hydrogens (tertiary/aromatic N) is 1. The van der Waals surface area contributed by atoms with Crippen LogP contribution in [0.4, 0.5) is 0 Å². The molecule has 0 aliphatic heterocycles. The van der Waals surface area contributed by atoms with E-state index in [2.05, 4.69) is 9.71 Å². The van der Waals surface area contributed by atoms with Crippen LogP contribution in [0.15, 0.2) is 71.9 Å². The van der Waals surface area contributed by atoms with Crippen LogP contribution in [0.5, 0.6) is 0 Å². The summed E-state index contributed by atoms with van der Waals surface area (Å²) in [6, 6.07) is 17.1. The van der Waals surface area contributed by atoms with E-state index in [1.165, 1.54) is 19.4 Å². The van der Waals surface area contributed by atoms with Crippen LogP contribution >= 0.6 is 0 Å². The van der Waals surface area contributed by atoms with Gasteiger partial charge in [-0.1, -0.05) is 42.5 Å². The number of pyridine rings is 1. The minimum absolute atomic E-state index is 0.110. The van der Waals surface area contributed by atoms with E-state index in [0.717, 1.165) is 10.8 Å². The van der Waals surface area contributed by atoms with Crippen LogP contribution in [0.2, 0.25) is 0 Å². The maximum Gasteiger partial charge on any atom is 0.313 e. The summed E-state index contributed by atoms with van der Waals surface area (Å²) in [6.45, 7) is 3.30. The fraction of sp³-hybridized carbons (Fsp3) is 0.238. The Kier molecular flexibility index (Phi) is 5.49. The lowest BCUT2D eigenvalue weighted by atomic mass is 9.80. The van der Waals surface area contributed by atoms with E-state index in [0.29, 0.717) is 5.56 Å². The van der Waals surface area contributed by atoms with Crippen LogP contribution in [0.1, 0.15) is 25.5 Å². The van der Waals surface area contributed by atoms with Gasteiger partial charge in [-0.15, -0.1) is 0 Å². The first-order valence-electron chi connectivity index (χ1n) is 8.76. The minimum Gasteiger partial charge on any atom is -0.469 e. The molecule has 0 fully saturated rings. The molecule has 6 nitrogen and oxygen atoms in total. The van der Waals surface area contributed by atoms with Crippen LogP contribution in [-0.4, -0.2) is 26.5 Å². The molecule has 0 amide bonds.